The molecule has 0 atom stereocenters. The minimum Gasteiger partial charge on any atom is -0.355 e. The number of hydrogen-bond donors (Lipinski definition) is 1. The third-order valence-corrected chi connectivity index (χ3v) is 4.72. The fourth-order valence-corrected chi connectivity index (χ4v) is 3.15. The molecule has 4 heteroatoms. The van der Waals surface area contributed by atoms with Crippen molar-refractivity contribution in [3.8, 4) is 0 Å². The Hall–Kier alpha value is -2.07. The molecule has 0 saturated carbocycles. The molecule has 1 N–H and O–H groups in total. The van der Waals surface area contributed by atoms with E-state index in [9.17, 15) is 9.59 Å². The summed E-state index contributed by atoms with van der Waals surface area (Å²) in [5.74, 6) is 0.785. The van der Waals surface area contributed by atoms with Crippen LogP contribution in [0.25, 0.3) is 0 Å². The zero-order chi connectivity index (χ0) is 17.4. The molecule has 0 aliphatic carbocycles. The third kappa shape index (κ3) is 5.85. The normalized spacial score (nSPS) is 10.4. The molecule has 2 aromatic rings. The smallest absolute Gasteiger partial charge is 0.220 e. The summed E-state index contributed by atoms with van der Waals surface area (Å²) in [6, 6.07) is 15.9. The molecular weight excluding hydrogens is 318 g/mol. The number of carbonyl (C=O) groups is 2. The van der Waals surface area contributed by atoms with Crippen molar-refractivity contribution < 1.29 is 9.59 Å². The maximum absolute atomic E-state index is 12.3. The summed E-state index contributed by atoms with van der Waals surface area (Å²) in [5.41, 5.74) is 2.75. The highest BCUT2D eigenvalue weighted by atomic mass is 32.2. The van der Waals surface area contributed by atoms with Crippen molar-refractivity contribution in [2.24, 2.45) is 0 Å². The van der Waals surface area contributed by atoms with Crippen LogP contribution in [0.5, 0.6) is 0 Å². The minimum absolute atomic E-state index is 0.0324. The van der Waals surface area contributed by atoms with Gasteiger partial charge >= 0.3 is 0 Å². The van der Waals surface area contributed by atoms with Gasteiger partial charge in [-0.3, -0.25) is 9.59 Å². The van der Waals surface area contributed by atoms with E-state index in [1.165, 1.54) is 4.90 Å². The highest BCUT2D eigenvalue weighted by Crippen LogP contribution is 2.16. The summed E-state index contributed by atoms with van der Waals surface area (Å²) >= 11 is 1.71. The lowest BCUT2D eigenvalue weighted by atomic mass is 9.99. The quantitative estimate of drug-likeness (QED) is 0.445. The van der Waals surface area contributed by atoms with Gasteiger partial charge < -0.3 is 5.32 Å². The molecule has 0 radical (unpaired) electrons. The lowest BCUT2D eigenvalue weighted by molar-refractivity contribution is -0.120. The molecule has 0 bridgehead atoms. The van der Waals surface area contributed by atoms with Crippen LogP contribution in [0.2, 0.25) is 0 Å². The number of carbonyl (C=O) groups excluding carboxylic acids is 2. The van der Waals surface area contributed by atoms with Crippen LogP contribution in [-0.2, 0) is 4.79 Å². The largest absolute Gasteiger partial charge is 0.355 e. The van der Waals surface area contributed by atoms with Crippen molar-refractivity contribution in [2.75, 3.05) is 12.3 Å². The second-order valence-electron chi connectivity index (χ2n) is 5.75. The van der Waals surface area contributed by atoms with Gasteiger partial charge in [-0.1, -0.05) is 35.9 Å². The molecule has 3 nitrogen and oxygen atoms in total. The first-order valence-corrected chi connectivity index (χ1v) is 9.10. The van der Waals surface area contributed by atoms with Crippen LogP contribution in [-0.4, -0.2) is 24.0 Å². The molecule has 0 spiro atoms. The monoisotopic (exact) mass is 341 g/mol. The van der Waals surface area contributed by atoms with Crippen molar-refractivity contribution in [1.82, 2.24) is 5.32 Å². The van der Waals surface area contributed by atoms with Crippen molar-refractivity contribution in [1.29, 1.82) is 0 Å². The minimum atomic E-state index is -0.0673. The number of aryl methyl sites for hydroxylation is 2. The third-order valence-electron chi connectivity index (χ3n) is 3.71. The fourth-order valence-electron chi connectivity index (χ4n) is 2.36. The Morgan fingerprint density at radius 1 is 1.00 bits per heavy atom. The molecule has 0 aliphatic rings. The second-order valence-corrected chi connectivity index (χ2v) is 6.92. The average molecular weight is 341 g/mol. The number of nitrogens with one attached hydrogen (secondary N) is 1. The molecule has 1 amide bonds. The van der Waals surface area contributed by atoms with Gasteiger partial charge in [0, 0.05) is 35.6 Å². The number of ketones is 1. The van der Waals surface area contributed by atoms with E-state index in [1.54, 1.807) is 11.8 Å². The first kappa shape index (κ1) is 18.3. The SMILES string of the molecule is Cc1ccc(C)c(C(=O)CCC(=O)NCCSc2ccccc2)c1. The molecule has 126 valence electrons. The summed E-state index contributed by atoms with van der Waals surface area (Å²) in [6.07, 6.45) is 0.490. The Morgan fingerprint density at radius 3 is 2.50 bits per heavy atom. The molecule has 0 unspecified atom stereocenters. The maximum atomic E-state index is 12.3. The van der Waals surface area contributed by atoms with Gasteiger partial charge in [0.05, 0.1) is 0 Å². The number of hydrogen-bond acceptors (Lipinski definition) is 3. The molecule has 24 heavy (non-hydrogen) atoms. The molecule has 0 aliphatic heterocycles. The van der Waals surface area contributed by atoms with E-state index in [1.807, 2.05) is 50.2 Å². The van der Waals surface area contributed by atoms with Crippen LogP contribution in [0.4, 0.5) is 0 Å². The Labute approximate surface area is 147 Å². The van der Waals surface area contributed by atoms with Gasteiger partial charge in [0.1, 0.15) is 0 Å². The molecule has 0 heterocycles. The van der Waals surface area contributed by atoms with Crippen molar-refractivity contribution in [3.63, 3.8) is 0 Å². The average Bonchev–Trinajstić information content (AvgIpc) is 2.59. The van der Waals surface area contributed by atoms with Gasteiger partial charge in [0.15, 0.2) is 5.78 Å². The van der Waals surface area contributed by atoms with Crippen molar-refractivity contribution >= 4 is 23.5 Å². The van der Waals surface area contributed by atoms with Crippen LogP contribution in [0.3, 0.4) is 0 Å². The highest BCUT2D eigenvalue weighted by molar-refractivity contribution is 7.99. The zero-order valence-corrected chi connectivity index (χ0v) is 15.0. The molecule has 0 aromatic heterocycles. The lowest BCUT2D eigenvalue weighted by Gasteiger charge is -2.07. The number of amides is 1. The molecule has 0 saturated heterocycles. The topological polar surface area (TPSA) is 46.2 Å². The van der Waals surface area contributed by atoms with Gasteiger partial charge in [0.2, 0.25) is 5.91 Å². The van der Waals surface area contributed by atoms with E-state index in [-0.39, 0.29) is 24.5 Å². The standard InChI is InChI=1S/C20H23NO2S/c1-15-8-9-16(2)18(14-15)19(22)10-11-20(23)21-12-13-24-17-6-4-3-5-7-17/h3-9,14H,10-13H2,1-2H3,(H,21,23). The zero-order valence-electron chi connectivity index (χ0n) is 14.2. The Morgan fingerprint density at radius 2 is 1.75 bits per heavy atom. The van der Waals surface area contributed by atoms with Gasteiger partial charge in [-0.2, -0.15) is 0 Å². The van der Waals surface area contributed by atoms with Crippen LogP contribution >= 0.6 is 11.8 Å². The summed E-state index contributed by atoms with van der Waals surface area (Å²) in [4.78, 5) is 25.3. The first-order valence-electron chi connectivity index (χ1n) is 8.11. The van der Waals surface area contributed by atoms with Gasteiger partial charge in [-0.15, -0.1) is 11.8 Å². The Balaban J connectivity index is 1.69. The van der Waals surface area contributed by atoms with E-state index in [4.69, 9.17) is 0 Å². The summed E-state index contributed by atoms with van der Waals surface area (Å²) in [7, 11) is 0. The van der Waals surface area contributed by atoms with Crippen LogP contribution < -0.4 is 5.32 Å². The molecule has 0 fully saturated rings. The van der Waals surface area contributed by atoms with E-state index in [0.29, 0.717) is 6.54 Å². The second kappa shape index (κ2) is 9.28. The number of benzene rings is 2. The predicted octanol–water partition coefficient (Wildman–Crippen LogP) is 4.17. The van der Waals surface area contributed by atoms with Crippen LogP contribution in [0.15, 0.2) is 53.4 Å². The van der Waals surface area contributed by atoms with Crippen molar-refractivity contribution in [3.05, 3.63) is 65.2 Å². The van der Waals surface area contributed by atoms with Gasteiger partial charge in [-0.25, -0.2) is 0 Å². The molecular formula is C20H23NO2S. The van der Waals surface area contributed by atoms with Crippen molar-refractivity contribution in [2.45, 2.75) is 31.6 Å². The van der Waals surface area contributed by atoms with E-state index in [2.05, 4.69) is 17.4 Å². The maximum Gasteiger partial charge on any atom is 0.220 e. The van der Waals surface area contributed by atoms with E-state index < -0.39 is 0 Å². The molecule has 2 rings (SSSR count). The number of thioether (sulfide) groups is 1. The number of Topliss-reactive ketones (excluding diaryl/α,β-unsaturated/α-hetero) is 1. The summed E-state index contributed by atoms with van der Waals surface area (Å²) in [6.45, 7) is 4.50. The Kier molecular flexibility index (Phi) is 7.07. The van der Waals surface area contributed by atoms with Gasteiger partial charge in [0.25, 0.3) is 0 Å². The van der Waals surface area contributed by atoms with Crippen LogP contribution in [0.1, 0.15) is 34.3 Å². The van der Waals surface area contributed by atoms with Crippen LogP contribution in [0, 0.1) is 13.8 Å². The fraction of sp³-hybridized carbons (Fsp3) is 0.300. The van der Waals surface area contributed by atoms with E-state index in [0.717, 1.165) is 22.4 Å². The van der Waals surface area contributed by atoms with Gasteiger partial charge in [-0.05, 0) is 37.6 Å². The Bertz CT molecular complexity index is 698. The summed E-state index contributed by atoms with van der Waals surface area (Å²) < 4.78 is 0. The summed E-state index contributed by atoms with van der Waals surface area (Å²) in [5, 5.41) is 2.87. The number of rotatable bonds is 8. The molecule has 2 aromatic carbocycles. The lowest BCUT2D eigenvalue weighted by Crippen LogP contribution is -2.26. The predicted molar refractivity (Wildman–Crippen MR) is 99.7 cm³/mol. The highest BCUT2D eigenvalue weighted by Gasteiger charge is 2.11. The van der Waals surface area contributed by atoms with E-state index >= 15 is 0 Å². The first-order chi connectivity index (χ1) is 11.6.